The molecule has 4 aromatic rings. The maximum absolute atomic E-state index is 15.4. The Morgan fingerprint density at radius 3 is 2.61 bits per heavy atom. The van der Waals surface area contributed by atoms with Gasteiger partial charge >= 0.3 is 12.3 Å². The first kappa shape index (κ1) is 28.4. The van der Waals surface area contributed by atoms with Gasteiger partial charge in [-0.1, -0.05) is 5.16 Å². The largest absolute Gasteiger partial charge is 0.444 e. The fraction of sp³-hybridized carbons (Fsp3) is 0.429. The summed E-state index contributed by atoms with van der Waals surface area (Å²) in [6.45, 7) is 9.44. The molecule has 13 heteroatoms. The predicted octanol–water partition coefficient (Wildman–Crippen LogP) is 6.87. The maximum Gasteiger partial charge on any atom is 0.419 e. The third-order valence-electron chi connectivity index (χ3n) is 6.83. The molecule has 0 spiro atoms. The number of piperidine rings is 1. The second-order valence-corrected chi connectivity index (χ2v) is 11.1. The number of likely N-dealkylation sites (tertiary alicyclic amines) is 1. The third kappa shape index (κ3) is 5.84. The summed E-state index contributed by atoms with van der Waals surface area (Å²) in [5.74, 6) is -0.254. The molecule has 41 heavy (non-hydrogen) atoms. The first-order valence-electron chi connectivity index (χ1n) is 13.1. The molecule has 5 rings (SSSR count). The van der Waals surface area contributed by atoms with Gasteiger partial charge in [0.15, 0.2) is 0 Å². The smallest absolute Gasteiger partial charge is 0.419 e. The zero-order valence-corrected chi connectivity index (χ0v) is 23.2. The molecule has 1 amide bonds. The van der Waals surface area contributed by atoms with E-state index in [0.29, 0.717) is 48.1 Å². The summed E-state index contributed by atoms with van der Waals surface area (Å²) in [6.07, 6.45) is -1.82. The molecule has 2 N–H and O–H groups in total. The summed E-state index contributed by atoms with van der Waals surface area (Å²) in [5, 5.41) is 7.16. The Labute approximate surface area is 233 Å². The molecule has 1 aliphatic heterocycles. The van der Waals surface area contributed by atoms with E-state index in [4.69, 9.17) is 9.26 Å². The molecule has 9 nitrogen and oxygen atoms in total. The zero-order chi connectivity index (χ0) is 29.7. The van der Waals surface area contributed by atoms with E-state index < -0.39 is 34.9 Å². The number of carbonyl (C=O) groups is 1. The van der Waals surface area contributed by atoms with E-state index in [1.165, 1.54) is 18.3 Å². The summed E-state index contributed by atoms with van der Waals surface area (Å²) in [5.41, 5.74) is -0.433. The Morgan fingerprint density at radius 2 is 1.95 bits per heavy atom. The summed E-state index contributed by atoms with van der Waals surface area (Å²) < 4.78 is 68.2. The van der Waals surface area contributed by atoms with Gasteiger partial charge in [-0.15, -0.1) is 0 Å². The number of nitrogens with zero attached hydrogens (tertiary/aromatic N) is 4. The number of nitrogens with one attached hydrogen (secondary N) is 2. The van der Waals surface area contributed by atoms with E-state index in [1.807, 2.05) is 0 Å². The van der Waals surface area contributed by atoms with Gasteiger partial charge in [-0.3, -0.25) is 0 Å². The van der Waals surface area contributed by atoms with Gasteiger partial charge in [0, 0.05) is 53.6 Å². The normalized spacial score (nSPS) is 16.3. The maximum atomic E-state index is 15.4. The van der Waals surface area contributed by atoms with Crippen LogP contribution in [0.25, 0.3) is 33.3 Å². The van der Waals surface area contributed by atoms with E-state index >= 15 is 4.39 Å². The second-order valence-electron chi connectivity index (χ2n) is 11.1. The van der Waals surface area contributed by atoms with Crippen LogP contribution < -0.4 is 5.32 Å². The molecule has 1 atom stereocenters. The van der Waals surface area contributed by atoms with Gasteiger partial charge in [0.2, 0.25) is 5.95 Å². The number of amides is 1. The molecule has 3 aromatic heterocycles. The molecule has 1 aromatic carbocycles. The van der Waals surface area contributed by atoms with E-state index in [-0.39, 0.29) is 35.0 Å². The number of hydrogen-bond acceptors (Lipinski definition) is 7. The van der Waals surface area contributed by atoms with Crippen LogP contribution in [0.15, 0.2) is 29.0 Å². The van der Waals surface area contributed by atoms with Crippen molar-refractivity contribution in [1.82, 2.24) is 25.0 Å². The van der Waals surface area contributed by atoms with Crippen LogP contribution in [0.3, 0.4) is 0 Å². The van der Waals surface area contributed by atoms with E-state index in [2.05, 4.69) is 25.4 Å². The van der Waals surface area contributed by atoms with Crippen molar-refractivity contribution in [1.29, 1.82) is 0 Å². The number of benzene rings is 1. The van der Waals surface area contributed by atoms with Crippen LogP contribution in [0.1, 0.15) is 50.6 Å². The number of halogens is 4. The highest BCUT2D eigenvalue weighted by atomic mass is 19.4. The Hall–Kier alpha value is -4.16. The lowest BCUT2D eigenvalue weighted by molar-refractivity contribution is -0.137. The van der Waals surface area contributed by atoms with Gasteiger partial charge in [0.05, 0.1) is 17.0 Å². The summed E-state index contributed by atoms with van der Waals surface area (Å²) in [7, 11) is 0. The molecule has 0 unspecified atom stereocenters. The second kappa shape index (κ2) is 10.3. The SMILES string of the molecule is Cc1noc(C)c1-c1cc2[nH]cc(-c3nc(N[C@H]4CCCN(C(=O)OC(C)(C)C)C4)ncc3C(F)(F)F)c2cc1F. The van der Waals surface area contributed by atoms with Crippen molar-refractivity contribution in [3.8, 4) is 22.4 Å². The highest BCUT2D eigenvalue weighted by Gasteiger charge is 2.37. The van der Waals surface area contributed by atoms with Crippen molar-refractivity contribution in [3.05, 3.63) is 47.4 Å². The fourth-order valence-corrected chi connectivity index (χ4v) is 5.03. The quantitative estimate of drug-likeness (QED) is 0.256. The third-order valence-corrected chi connectivity index (χ3v) is 6.83. The molecule has 0 aliphatic carbocycles. The Morgan fingerprint density at radius 1 is 1.20 bits per heavy atom. The minimum absolute atomic E-state index is 0.0359. The molecule has 0 radical (unpaired) electrons. The van der Waals surface area contributed by atoms with Gasteiger partial charge in [-0.2, -0.15) is 13.2 Å². The number of rotatable bonds is 4. The van der Waals surface area contributed by atoms with Gasteiger partial charge < -0.3 is 24.5 Å². The number of fused-ring (bicyclic) bond motifs is 1. The highest BCUT2D eigenvalue weighted by Crippen LogP contribution is 2.40. The zero-order valence-electron chi connectivity index (χ0n) is 23.2. The van der Waals surface area contributed by atoms with Crippen LogP contribution in [0.4, 0.5) is 28.3 Å². The summed E-state index contributed by atoms with van der Waals surface area (Å²) >= 11 is 0. The van der Waals surface area contributed by atoms with Crippen LogP contribution in [-0.4, -0.2) is 55.8 Å². The fourth-order valence-electron chi connectivity index (χ4n) is 5.03. The average molecular weight is 575 g/mol. The minimum Gasteiger partial charge on any atom is -0.444 e. The number of carbonyl (C=O) groups excluding carboxylic acids is 1. The van der Waals surface area contributed by atoms with E-state index in [0.717, 1.165) is 0 Å². The highest BCUT2D eigenvalue weighted by molar-refractivity contribution is 5.98. The van der Waals surface area contributed by atoms with Crippen LogP contribution in [-0.2, 0) is 10.9 Å². The number of H-pyrrole nitrogens is 1. The number of ether oxygens (including phenoxy) is 1. The van der Waals surface area contributed by atoms with Crippen molar-refractivity contribution in [2.75, 3.05) is 18.4 Å². The molecular weight excluding hydrogens is 544 g/mol. The molecule has 218 valence electrons. The van der Waals surface area contributed by atoms with Gasteiger partial charge in [0.25, 0.3) is 0 Å². The molecule has 1 fully saturated rings. The Bertz CT molecular complexity index is 1590. The first-order chi connectivity index (χ1) is 19.2. The number of alkyl halides is 3. The van der Waals surface area contributed by atoms with Crippen LogP contribution in [0, 0.1) is 19.7 Å². The lowest BCUT2D eigenvalue weighted by Gasteiger charge is -2.34. The Kier molecular flexibility index (Phi) is 7.16. The lowest BCUT2D eigenvalue weighted by Crippen LogP contribution is -2.47. The monoisotopic (exact) mass is 574 g/mol. The number of hydrogen-bond donors (Lipinski definition) is 2. The molecule has 1 saturated heterocycles. The van der Waals surface area contributed by atoms with Gasteiger partial charge in [-0.25, -0.2) is 19.2 Å². The van der Waals surface area contributed by atoms with Gasteiger partial charge in [-0.05, 0) is 59.6 Å². The van der Waals surface area contributed by atoms with E-state index in [9.17, 15) is 18.0 Å². The van der Waals surface area contributed by atoms with Gasteiger partial charge in [0.1, 0.15) is 22.7 Å². The standard InChI is InChI=1S/C28H30F4N6O3/c1-14-23(15(2)41-37-14)18-10-22-17(9-21(18)29)19(11-33-22)24-20(28(30,31)32)12-34-25(36-24)35-16-7-6-8-38(13-16)26(39)40-27(3,4)5/h9-12,16,33H,6-8,13H2,1-5H3,(H,34,35,36)/t16-/m0/s1. The number of aromatic amines is 1. The van der Waals surface area contributed by atoms with Crippen LogP contribution >= 0.6 is 0 Å². The molecule has 0 saturated carbocycles. The summed E-state index contributed by atoms with van der Waals surface area (Å²) in [6, 6.07) is 2.39. The predicted molar refractivity (Wildman–Crippen MR) is 144 cm³/mol. The minimum atomic E-state index is -4.76. The lowest BCUT2D eigenvalue weighted by atomic mass is 9.99. The van der Waals surface area contributed by atoms with Crippen molar-refractivity contribution in [2.24, 2.45) is 0 Å². The summed E-state index contributed by atoms with van der Waals surface area (Å²) in [4.78, 5) is 25.2. The Balaban J connectivity index is 1.49. The first-order valence-corrected chi connectivity index (χ1v) is 13.1. The topological polar surface area (TPSA) is 109 Å². The average Bonchev–Trinajstić information content (AvgIpc) is 3.43. The van der Waals surface area contributed by atoms with Crippen molar-refractivity contribution >= 4 is 22.9 Å². The molecular formula is C28H30F4N6O3. The van der Waals surface area contributed by atoms with Crippen molar-refractivity contribution < 1.29 is 31.6 Å². The molecule has 1 aliphatic rings. The molecule has 4 heterocycles. The van der Waals surface area contributed by atoms with Crippen molar-refractivity contribution in [3.63, 3.8) is 0 Å². The number of anilines is 1. The van der Waals surface area contributed by atoms with Crippen molar-refractivity contribution in [2.45, 2.75) is 65.3 Å². The van der Waals surface area contributed by atoms with E-state index in [1.54, 1.807) is 39.5 Å². The number of aromatic nitrogens is 4. The number of aryl methyl sites for hydroxylation is 2. The van der Waals surface area contributed by atoms with Crippen LogP contribution in [0.5, 0.6) is 0 Å². The molecule has 0 bridgehead atoms. The van der Waals surface area contributed by atoms with Crippen LogP contribution in [0.2, 0.25) is 0 Å².